The van der Waals surface area contributed by atoms with Gasteiger partial charge in [0, 0.05) is 12.6 Å². The fourth-order valence-corrected chi connectivity index (χ4v) is 2.13. The summed E-state index contributed by atoms with van der Waals surface area (Å²) in [5, 5.41) is 15.2. The molecule has 1 aromatic rings. The molecule has 10 heteroatoms. The van der Waals surface area contributed by atoms with Crippen LogP contribution in [0.5, 0.6) is 0 Å². The lowest BCUT2D eigenvalue weighted by Gasteiger charge is -2.13. The highest BCUT2D eigenvalue weighted by molar-refractivity contribution is 6.24. The predicted molar refractivity (Wildman–Crippen MR) is 75.7 cm³/mol. The van der Waals surface area contributed by atoms with Crippen LogP contribution in [0.4, 0.5) is 10.5 Å². The number of carbonyl (C=O) groups is 4. The lowest BCUT2D eigenvalue weighted by Crippen LogP contribution is -2.45. The Balaban J connectivity index is 2.21. The van der Waals surface area contributed by atoms with Crippen molar-refractivity contribution in [1.82, 2.24) is 15.5 Å². The molecule has 1 aliphatic heterocycles. The topological polar surface area (TPSA) is 139 Å². The van der Waals surface area contributed by atoms with Crippen LogP contribution in [-0.2, 0) is 4.79 Å². The van der Waals surface area contributed by atoms with Gasteiger partial charge < -0.3 is 5.32 Å². The molecule has 0 bridgehead atoms. The van der Waals surface area contributed by atoms with Crippen LogP contribution in [0.25, 0.3) is 0 Å². The van der Waals surface area contributed by atoms with Gasteiger partial charge in [0.25, 0.3) is 17.5 Å². The fourth-order valence-electron chi connectivity index (χ4n) is 2.13. The molecule has 0 aromatic heterocycles. The predicted octanol–water partition coefficient (Wildman–Crippen LogP) is 0.0365. The van der Waals surface area contributed by atoms with Gasteiger partial charge in [-0.1, -0.05) is 6.07 Å². The number of urea groups is 1. The van der Waals surface area contributed by atoms with Crippen LogP contribution in [0.2, 0.25) is 0 Å². The molecule has 120 valence electrons. The summed E-state index contributed by atoms with van der Waals surface area (Å²) in [6, 6.07) is 2.88. The van der Waals surface area contributed by atoms with Gasteiger partial charge in [-0.15, -0.1) is 0 Å². The van der Waals surface area contributed by atoms with Gasteiger partial charge in [-0.2, -0.15) is 0 Å². The largest absolute Gasteiger partial charge is 0.338 e. The third-order valence-corrected chi connectivity index (χ3v) is 3.07. The lowest BCUT2D eigenvalue weighted by atomic mass is 10.1. The van der Waals surface area contributed by atoms with Gasteiger partial charge in [-0.3, -0.25) is 34.7 Å². The van der Waals surface area contributed by atoms with Gasteiger partial charge in [-0.25, -0.2) is 4.79 Å². The number of nitro benzene ring substituents is 1. The molecule has 1 aliphatic rings. The van der Waals surface area contributed by atoms with Crippen molar-refractivity contribution in [3.63, 3.8) is 0 Å². The first-order chi connectivity index (χ1) is 10.9. The molecule has 0 saturated carbocycles. The molecule has 5 amide bonds. The van der Waals surface area contributed by atoms with Gasteiger partial charge in [0.2, 0.25) is 5.91 Å². The fraction of sp³-hybridized carbons (Fsp3) is 0.231. The molecule has 0 unspecified atom stereocenters. The zero-order valence-electron chi connectivity index (χ0n) is 12.0. The number of hydrogen-bond acceptors (Lipinski definition) is 6. The van der Waals surface area contributed by atoms with Crippen LogP contribution < -0.4 is 10.6 Å². The summed E-state index contributed by atoms with van der Waals surface area (Å²) in [5.74, 6) is -2.64. The van der Waals surface area contributed by atoms with Crippen molar-refractivity contribution >= 4 is 29.4 Å². The number of fused-ring (bicyclic) bond motifs is 1. The number of benzene rings is 1. The highest BCUT2D eigenvalue weighted by Crippen LogP contribution is 2.30. The maximum Gasteiger partial charge on any atom is 0.321 e. The molecule has 1 heterocycles. The SMILES string of the molecule is CCNC(=O)NC(=O)CN1C(=O)c2cccc([N+](=O)[O-])c2C1=O. The Kier molecular flexibility index (Phi) is 4.35. The highest BCUT2D eigenvalue weighted by Gasteiger charge is 2.41. The molecule has 0 spiro atoms. The first-order valence-electron chi connectivity index (χ1n) is 6.58. The van der Waals surface area contributed by atoms with Gasteiger partial charge in [0.15, 0.2) is 0 Å². The van der Waals surface area contributed by atoms with Crippen molar-refractivity contribution < 1.29 is 24.1 Å². The summed E-state index contributed by atoms with van der Waals surface area (Å²) in [6.45, 7) is 1.23. The van der Waals surface area contributed by atoms with Crippen LogP contribution in [-0.4, -0.2) is 46.7 Å². The molecule has 0 aliphatic carbocycles. The summed E-state index contributed by atoms with van der Waals surface area (Å²) in [6.07, 6.45) is 0. The van der Waals surface area contributed by atoms with Crippen molar-refractivity contribution in [1.29, 1.82) is 0 Å². The van der Waals surface area contributed by atoms with E-state index in [1.54, 1.807) is 6.92 Å². The average Bonchev–Trinajstić information content (AvgIpc) is 2.72. The summed E-state index contributed by atoms with van der Waals surface area (Å²) in [4.78, 5) is 58.0. The maximum atomic E-state index is 12.2. The Morgan fingerprint density at radius 3 is 2.57 bits per heavy atom. The molecule has 0 fully saturated rings. The van der Waals surface area contributed by atoms with Crippen molar-refractivity contribution in [3.05, 3.63) is 39.4 Å². The molecule has 0 radical (unpaired) electrons. The Labute approximate surface area is 129 Å². The van der Waals surface area contributed by atoms with E-state index in [0.29, 0.717) is 11.4 Å². The van der Waals surface area contributed by atoms with Crippen LogP contribution in [0.1, 0.15) is 27.6 Å². The zero-order valence-corrected chi connectivity index (χ0v) is 12.0. The Hall–Kier alpha value is -3.30. The standard InChI is InChI=1S/C13H12N4O6/c1-2-14-13(21)15-9(18)6-16-11(19)7-4-3-5-8(17(22)23)10(7)12(16)20/h3-5H,2,6H2,1H3,(H2,14,15,18,21). The number of imide groups is 2. The summed E-state index contributed by atoms with van der Waals surface area (Å²) >= 11 is 0. The Morgan fingerprint density at radius 1 is 1.26 bits per heavy atom. The quantitative estimate of drug-likeness (QED) is 0.456. The summed E-state index contributed by atoms with van der Waals surface area (Å²) in [5.41, 5.74) is -1.00. The van der Waals surface area contributed by atoms with E-state index in [0.717, 1.165) is 6.07 Å². The highest BCUT2D eigenvalue weighted by atomic mass is 16.6. The Bertz CT molecular complexity index is 729. The Morgan fingerprint density at radius 2 is 1.96 bits per heavy atom. The molecule has 2 N–H and O–H groups in total. The first kappa shape index (κ1) is 16.1. The second-order valence-corrected chi connectivity index (χ2v) is 4.56. The zero-order chi connectivity index (χ0) is 17.1. The second kappa shape index (κ2) is 6.22. The van der Waals surface area contributed by atoms with Gasteiger partial charge in [0.1, 0.15) is 12.1 Å². The second-order valence-electron chi connectivity index (χ2n) is 4.56. The number of nitrogens with zero attached hydrogens (tertiary/aromatic N) is 2. The van der Waals surface area contributed by atoms with Crippen LogP contribution in [0, 0.1) is 10.1 Å². The number of nitrogens with one attached hydrogen (secondary N) is 2. The molecule has 0 saturated heterocycles. The van der Waals surface area contributed by atoms with E-state index in [1.807, 2.05) is 5.32 Å². The molecule has 1 aromatic carbocycles. The van der Waals surface area contributed by atoms with Crippen molar-refractivity contribution in [2.24, 2.45) is 0 Å². The average molecular weight is 320 g/mol. The van der Waals surface area contributed by atoms with E-state index in [4.69, 9.17) is 0 Å². The van der Waals surface area contributed by atoms with Gasteiger partial charge in [-0.05, 0) is 13.0 Å². The molecule has 23 heavy (non-hydrogen) atoms. The minimum Gasteiger partial charge on any atom is -0.338 e. The van der Waals surface area contributed by atoms with E-state index in [9.17, 15) is 29.3 Å². The smallest absolute Gasteiger partial charge is 0.321 e. The van der Waals surface area contributed by atoms with Crippen molar-refractivity contribution in [2.45, 2.75) is 6.92 Å². The first-order valence-corrected chi connectivity index (χ1v) is 6.58. The van der Waals surface area contributed by atoms with E-state index < -0.39 is 40.9 Å². The van der Waals surface area contributed by atoms with E-state index in [1.165, 1.54) is 12.1 Å². The molecule has 0 atom stereocenters. The monoisotopic (exact) mass is 320 g/mol. The van der Waals surface area contributed by atoms with Gasteiger partial charge in [0.05, 0.1) is 10.5 Å². The number of hydrogen-bond donors (Lipinski definition) is 2. The molecule has 10 nitrogen and oxygen atoms in total. The normalized spacial score (nSPS) is 12.8. The van der Waals surface area contributed by atoms with Gasteiger partial charge >= 0.3 is 6.03 Å². The maximum absolute atomic E-state index is 12.2. The van der Waals surface area contributed by atoms with E-state index in [2.05, 4.69) is 5.32 Å². The lowest BCUT2D eigenvalue weighted by molar-refractivity contribution is -0.385. The minimum absolute atomic E-state index is 0.144. The number of amides is 5. The van der Waals surface area contributed by atoms with Crippen molar-refractivity contribution in [3.8, 4) is 0 Å². The van der Waals surface area contributed by atoms with Crippen molar-refractivity contribution in [2.75, 3.05) is 13.1 Å². The summed E-state index contributed by atoms with van der Waals surface area (Å²) in [7, 11) is 0. The molecular formula is C13H12N4O6. The number of nitro groups is 1. The number of carbonyl (C=O) groups excluding carboxylic acids is 4. The minimum atomic E-state index is -0.941. The third-order valence-electron chi connectivity index (χ3n) is 3.07. The number of rotatable bonds is 4. The summed E-state index contributed by atoms with van der Waals surface area (Å²) < 4.78 is 0. The van der Waals surface area contributed by atoms with E-state index >= 15 is 0 Å². The molecular weight excluding hydrogens is 308 g/mol. The molecule has 2 rings (SSSR count). The van der Waals surface area contributed by atoms with Crippen LogP contribution in [0.15, 0.2) is 18.2 Å². The van der Waals surface area contributed by atoms with E-state index in [-0.39, 0.29) is 11.1 Å². The van der Waals surface area contributed by atoms with Crippen LogP contribution >= 0.6 is 0 Å². The third kappa shape index (κ3) is 3.00. The van der Waals surface area contributed by atoms with Crippen LogP contribution in [0.3, 0.4) is 0 Å².